The van der Waals surface area contributed by atoms with E-state index in [-0.39, 0.29) is 12.7 Å². The summed E-state index contributed by atoms with van der Waals surface area (Å²) < 4.78 is 5.29. The van der Waals surface area contributed by atoms with Crippen LogP contribution >= 0.6 is 35.0 Å². The van der Waals surface area contributed by atoms with E-state index in [2.05, 4.69) is 0 Å². The van der Waals surface area contributed by atoms with Crippen LogP contribution in [-0.4, -0.2) is 40.9 Å². The minimum absolute atomic E-state index is 0.202. The lowest BCUT2D eigenvalue weighted by atomic mass is 10.2. The van der Waals surface area contributed by atoms with Gasteiger partial charge in [-0.25, -0.2) is 0 Å². The van der Waals surface area contributed by atoms with Gasteiger partial charge < -0.3 is 14.9 Å². The summed E-state index contributed by atoms with van der Waals surface area (Å²) in [5.74, 6) is 1.34. The Bertz CT molecular complexity index is 416. The van der Waals surface area contributed by atoms with Crippen molar-refractivity contribution in [2.24, 2.45) is 0 Å². The van der Waals surface area contributed by atoms with Crippen molar-refractivity contribution < 1.29 is 14.9 Å². The van der Waals surface area contributed by atoms with Crippen LogP contribution in [0.3, 0.4) is 0 Å². The molecule has 1 saturated heterocycles. The molecule has 1 fully saturated rings. The minimum atomic E-state index is -0.793. The maximum absolute atomic E-state index is 9.61. The molecule has 1 heterocycles. The maximum atomic E-state index is 9.61. The molecule has 1 aliphatic rings. The molecule has 0 aromatic heterocycles. The van der Waals surface area contributed by atoms with E-state index in [0.717, 1.165) is 11.3 Å². The van der Waals surface area contributed by atoms with E-state index in [0.29, 0.717) is 15.8 Å². The standard InChI is InChI=1S/C12H14Cl2O3S/c13-8-2-1-7(9(14)3-8)5-18-6-11-12(16)10(15)4-17-11/h1-3,10-12,15-16H,4-6H2. The largest absolute Gasteiger partial charge is 0.388 e. The highest BCUT2D eigenvalue weighted by Crippen LogP contribution is 2.26. The molecule has 18 heavy (non-hydrogen) atoms. The summed E-state index contributed by atoms with van der Waals surface area (Å²) >= 11 is 13.5. The van der Waals surface area contributed by atoms with Crippen molar-refractivity contribution in [2.45, 2.75) is 24.1 Å². The predicted octanol–water partition coefficient (Wildman–Crippen LogP) is 2.35. The summed E-state index contributed by atoms with van der Waals surface area (Å²) in [5.41, 5.74) is 0.999. The third-order valence-electron chi connectivity index (χ3n) is 2.81. The highest BCUT2D eigenvalue weighted by molar-refractivity contribution is 7.98. The van der Waals surface area contributed by atoms with Gasteiger partial charge in [0.15, 0.2) is 0 Å². The van der Waals surface area contributed by atoms with Gasteiger partial charge in [-0.1, -0.05) is 29.3 Å². The first kappa shape index (κ1) is 14.4. The number of rotatable bonds is 4. The molecule has 6 heteroatoms. The van der Waals surface area contributed by atoms with E-state index in [1.54, 1.807) is 23.9 Å². The molecule has 3 nitrogen and oxygen atoms in total. The minimum Gasteiger partial charge on any atom is -0.388 e. The fourth-order valence-corrected chi connectivity index (χ4v) is 3.41. The van der Waals surface area contributed by atoms with Crippen LogP contribution in [0.4, 0.5) is 0 Å². The first-order valence-electron chi connectivity index (χ1n) is 5.57. The summed E-state index contributed by atoms with van der Waals surface area (Å²) in [6.45, 7) is 0.202. The van der Waals surface area contributed by atoms with Gasteiger partial charge >= 0.3 is 0 Å². The lowest BCUT2D eigenvalue weighted by Gasteiger charge is -2.14. The molecule has 0 spiro atoms. The molecule has 2 N–H and O–H groups in total. The second-order valence-corrected chi connectivity index (χ2v) is 6.05. The van der Waals surface area contributed by atoms with Crippen LogP contribution < -0.4 is 0 Å². The zero-order chi connectivity index (χ0) is 13.1. The highest BCUT2D eigenvalue weighted by atomic mass is 35.5. The number of benzene rings is 1. The zero-order valence-electron chi connectivity index (χ0n) is 9.55. The van der Waals surface area contributed by atoms with Crippen LogP contribution in [-0.2, 0) is 10.5 Å². The average molecular weight is 309 g/mol. The molecule has 2 rings (SSSR count). The van der Waals surface area contributed by atoms with Crippen LogP contribution in [0.1, 0.15) is 5.56 Å². The van der Waals surface area contributed by atoms with Crippen LogP contribution in [0.25, 0.3) is 0 Å². The highest BCUT2D eigenvalue weighted by Gasteiger charge is 2.34. The van der Waals surface area contributed by atoms with Gasteiger partial charge in [-0.15, -0.1) is 0 Å². The SMILES string of the molecule is OC1COC(CSCc2ccc(Cl)cc2Cl)C1O. The Morgan fingerprint density at radius 3 is 2.72 bits per heavy atom. The second-order valence-electron chi connectivity index (χ2n) is 4.18. The van der Waals surface area contributed by atoms with Crippen molar-refractivity contribution in [1.82, 2.24) is 0 Å². The lowest BCUT2D eigenvalue weighted by molar-refractivity contribution is 0.0337. The third kappa shape index (κ3) is 3.53. The monoisotopic (exact) mass is 308 g/mol. The molecule has 3 unspecified atom stereocenters. The molecule has 1 aliphatic heterocycles. The predicted molar refractivity (Wildman–Crippen MR) is 74.4 cm³/mol. The van der Waals surface area contributed by atoms with Crippen molar-refractivity contribution in [3.63, 3.8) is 0 Å². The molecule has 0 bridgehead atoms. The summed E-state index contributed by atoms with van der Waals surface area (Å²) in [7, 11) is 0. The van der Waals surface area contributed by atoms with E-state index in [9.17, 15) is 10.2 Å². The zero-order valence-corrected chi connectivity index (χ0v) is 11.9. The smallest absolute Gasteiger partial charge is 0.109 e. The van der Waals surface area contributed by atoms with Gasteiger partial charge in [-0.2, -0.15) is 11.8 Å². The van der Waals surface area contributed by atoms with E-state index >= 15 is 0 Å². The van der Waals surface area contributed by atoms with Crippen molar-refractivity contribution in [3.8, 4) is 0 Å². The molecule has 3 atom stereocenters. The molecular weight excluding hydrogens is 295 g/mol. The number of halogens is 2. The van der Waals surface area contributed by atoms with Gasteiger partial charge in [0.1, 0.15) is 12.2 Å². The summed E-state index contributed by atoms with van der Waals surface area (Å²) in [6.07, 6.45) is -1.87. The maximum Gasteiger partial charge on any atom is 0.109 e. The van der Waals surface area contributed by atoms with E-state index < -0.39 is 12.2 Å². The molecule has 1 aromatic carbocycles. The van der Waals surface area contributed by atoms with Crippen LogP contribution in [0, 0.1) is 0 Å². The third-order valence-corrected chi connectivity index (χ3v) is 4.48. The van der Waals surface area contributed by atoms with Gasteiger partial charge in [0.25, 0.3) is 0 Å². The molecule has 0 amide bonds. The normalized spacial score (nSPS) is 27.7. The van der Waals surface area contributed by atoms with Crippen LogP contribution in [0.15, 0.2) is 18.2 Å². The first-order chi connectivity index (χ1) is 8.58. The van der Waals surface area contributed by atoms with Crippen LogP contribution in [0.5, 0.6) is 0 Å². The Balaban J connectivity index is 1.82. The molecule has 1 aromatic rings. The Kier molecular flexibility index (Phi) is 5.18. The Hall–Kier alpha value is 0.0300. The van der Waals surface area contributed by atoms with Gasteiger partial charge in [0.2, 0.25) is 0 Å². The van der Waals surface area contributed by atoms with Crippen molar-refractivity contribution in [3.05, 3.63) is 33.8 Å². The fraction of sp³-hybridized carbons (Fsp3) is 0.500. The quantitative estimate of drug-likeness (QED) is 0.896. The number of hydrogen-bond donors (Lipinski definition) is 2. The molecule has 100 valence electrons. The lowest BCUT2D eigenvalue weighted by Crippen LogP contribution is -2.31. The van der Waals surface area contributed by atoms with Gasteiger partial charge in [0.05, 0.1) is 12.7 Å². The summed E-state index contributed by atoms with van der Waals surface area (Å²) in [5, 5.41) is 20.2. The van der Waals surface area contributed by atoms with Gasteiger partial charge in [-0.05, 0) is 17.7 Å². The fourth-order valence-electron chi connectivity index (χ4n) is 1.74. The first-order valence-corrected chi connectivity index (χ1v) is 7.48. The van der Waals surface area contributed by atoms with Gasteiger partial charge in [-0.3, -0.25) is 0 Å². The van der Waals surface area contributed by atoms with Gasteiger partial charge in [0, 0.05) is 21.6 Å². The number of aliphatic hydroxyl groups excluding tert-OH is 2. The second kappa shape index (κ2) is 6.46. The average Bonchev–Trinajstić information content (AvgIpc) is 2.64. The Morgan fingerprint density at radius 2 is 2.11 bits per heavy atom. The van der Waals surface area contributed by atoms with Crippen molar-refractivity contribution in [1.29, 1.82) is 0 Å². The van der Waals surface area contributed by atoms with Crippen molar-refractivity contribution in [2.75, 3.05) is 12.4 Å². The Morgan fingerprint density at radius 1 is 1.33 bits per heavy atom. The molecule has 0 saturated carbocycles. The molecular formula is C12H14Cl2O3S. The summed E-state index contributed by atoms with van der Waals surface area (Å²) in [4.78, 5) is 0. The topological polar surface area (TPSA) is 49.7 Å². The Labute approximate surface area is 120 Å². The van der Waals surface area contributed by atoms with Crippen molar-refractivity contribution >= 4 is 35.0 Å². The number of thioether (sulfide) groups is 1. The van der Waals surface area contributed by atoms with E-state index in [1.807, 2.05) is 6.07 Å². The van der Waals surface area contributed by atoms with Crippen LogP contribution in [0.2, 0.25) is 10.0 Å². The molecule has 0 aliphatic carbocycles. The van der Waals surface area contributed by atoms with E-state index in [4.69, 9.17) is 27.9 Å². The summed E-state index contributed by atoms with van der Waals surface area (Å²) in [6, 6.07) is 5.40. The number of aliphatic hydroxyl groups is 2. The number of hydrogen-bond acceptors (Lipinski definition) is 4. The molecule has 0 radical (unpaired) electrons. The van der Waals surface area contributed by atoms with E-state index in [1.165, 1.54) is 0 Å². The number of ether oxygens (including phenoxy) is 1.